The Hall–Kier alpha value is -0.770. The van der Waals surface area contributed by atoms with Crippen LogP contribution in [-0.4, -0.2) is 23.2 Å². The molecule has 2 N–H and O–H groups in total. The summed E-state index contributed by atoms with van der Waals surface area (Å²) in [6, 6.07) is 4.74. The molecule has 0 saturated heterocycles. The summed E-state index contributed by atoms with van der Waals surface area (Å²) in [5, 5.41) is 13.7. The van der Waals surface area contributed by atoms with Crippen LogP contribution in [0, 0.1) is 0 Å². The number of amides is 1. The van der Waals surface area contributed by atoms with Crippen molar-refractivity contribution in [2.45, 2.75) is 31.3 Å². The number of carbonyl (C=O) groups excluding carboxylic acids is 1. The van der Waals surface area contributed by atoms with Gasteiger partial charge in [0.1, 0.15) is 0 Å². The van der Waals surface area contributed by atoms with Crippen molar-refractivity contribution in [3.8, 4) is 0 Å². The van der Waals surface area contributed by atoms with Crippen LogP contribution in [0.15, 0.2) is 18.2 Å². The van der Waals surface area contributed by atoms with E-state index in [0.717, 1.165) is 25.7 Å². The number of hydrogen-bond donors (Lipinski definition) is 2. The predicted molar refractivity (Wildman–Crippen MR) is 72.2 cm³/mol. The molecule has 1 aromatic rings. The highest BCUT2D eigenvalue weighted by atomic mass is 35.5. The van der Waals surface area contributed by atoms with Crippen LogP contribution in [0.1, 0.15) is 36.0 Å². The average Bonchev–Trinajstić information content (AvgIpc) is 2.77. The first-order chi connectivity index (χ1) is 8.50. The number of nitrogens with one attached hydrogen (secondary N) is 1. The van der Waals surface area contributed by atoms with Gasteiger partial charge in [-0.25, -0.2) is 0 Å². The molecule has 2 rings (SSSR count). The predicted octanol–water partition coefficient (Wildman–Crippen LogP) is 3.03. The van der Waals surface area contributed by atoms with E-state index in [1.54, 1.807) is 12.1 Å². The van der Waals surface area contributed by atoms with Gasteiger partial charge in [0.15, 0.2) is 0 Å². The SMILES string of the molecule is O=C(NCC1(O)CCCC1)c1cc(Cl)ccc1Cl. The number of benzene rings is 1. The number of aliphatic hydroxyl groups is 1. The number of halogens is 2. The van der Waals surface area contributed by atoms with Crippen molar-refractivity contribution in [3.05, 3.63) is 33.8 Å². The first kappa shape index (κ1) is 13.7. The van der Waals surface area contributed by atoms with Crippen molar-refractivity contribution >= 4 is 29.1 Å². The maximum atomic E-state index is 12.0. The second kappa shape index (κ2) is 5.47. The molecule has 0 bridgehead atoms. The molecule has 3 nitrogen and oxygen atoms in total. The van der Waals surface area contributed by atoms with Gasteiger partial charge >= 0.3 is 0 Å². The molecule has 98 valence electrons. The summed E-state index contributed by atoms with van der Waals surface area (Å²) in [6.45, 7) is 0.259. The van der Waals surface area contributed by atoms with Crippen molar-refractivity contribution in [2.75, 3.05) is 6.54 Å². The van der Waals surface area contributed by atoms with E-state index in [4.69, 9.17) is 23.2 Å². The van der Waals surface area contributed by atoms with Gasteiger partial charge in [-0.2, -0.15) is 0 Å². The van der Waals surface area contributed by atoms with Crippen LogP contribution in [0.2, 0.25) is 10.0 Å². The highest BCUT2D eigenvalue weighted by Crippen LogP contribution is 2.29. The van der Waals surface area contributed by atoms with Crippen molar-refractivity contribution in [1.29, 1.82) is 0 Å². The molecule has 1 aliphatic carbocycles. The smallest absolute Gasteiger partial charge is 0.252 e. The van der Waals surface area contributed by atoms with Crippen LogP contribution in [-0.2, 0) is 0 Å². The fourth-order valence-corrected chi connectivity index (χ4v) is 2.60. The van der Waals surface area contributed by atoms with E-state index >= 15 is 0 Å². The van der Waals surface area contributed by atoms with E-state index in [1.165, 1.54) is 6.07 Å². The number of hydrogen-bond acceptors (Lipinski definition) is 2. The third-order valence-corrected chi connectivity index (χ3v) is 3.85. The van der Waals surface area contributed by atoms with Gasteiger partial charge in [-0.05, 0) is 31.0 Å². The Morgan fingerprint density at radius 1 is 1.33 bits per heavy atom. The minimum Gasteiger partial charge on any atom is -0.388 e. The van der Waals surface area contributed by atoms with Gasteiger partial charge in [0.05, 0.1) is 16.2 Å². The minimum absolute atomic E-state index is 0.259. The normalized spacial score (nSPS) is 17.7. The summed E-state index contributed by atoms with van der Waals surface area (Å²) < 4.78 is 0. The van der Waals surface area contributed by atoms with Crippen molar-refractivity contribution < 1.29 is 9.90 Å². The van der Waals surface area contributed by atoms with Gasteiger partial charge in [0.25, 0.3) is 5.91 Å². The zero-order chi connectivity index (χ0) is 13.2. The standard InChI is InChI=1S/C13H15Cl2NO2/c14-9-3-4-11(15)10(7-9)12(17)16-8-13(18)5-1-2-6-13/h3-4,7,18H,1-2,5-6,8H2,(H,16,17). The third kappa shape index (κ3) is 3.16. The van der Waals surface area contributed by atoms with Gasteiger partial charge in [0, 0.05) is 11.6 Å². The maximum absolute atomic E-state index is 12.0. The highest BCUT2D eigenvalue weighted by molar-refractivity contribution is 6.35. The Labute approximate surface area is 116 Å². The van der Waals surface area contributed by atoms with Gasteiger partial charge in [-0.3, -0.25) is 4.79 Å². The molecule has 0 aliphatic heterocycles. The zero-order valence-electron chi connectivity index (χ0n) is 9.88. The average molecular weight is 288 g/mol. The zero-order valence-corrected chi connectivity index (χ0v) is 11.4. The Morgan fingerprint density at radius 3 is 2.67 bits per heavy atom. The molecule has 18 heavy (non-hydrogen) atoms. The monoisotopic (exact) mass is 287 g/mol. The lowest BCUT2D eigenvalue weighted by molar-refractivity contribution is 0.0449. The van der Waals surface area contributed by atoms with Crippen LogP contribution >= 0.6 is 23.2 Å². The van der Waals surface area contributed by atoms with E-state index in [1.807, 2.05) is 0 Å². The van der Waals surface area contributed by atoms with E-state index < -0.39 is 5.60 Å². The number of carbonyl (C=O) groups is 1. The molecule has 1 amide bonds. The largest absolute Gasteiger partial charge is 0.388 e. The lowest BCUT2D eigenvalue weighted by Crippen LogP contribution is -2.40. The van der Waals surface area contributed by atoms with Crippen molar-refractivity contribution in [3.63, 3.8) is 0 Å². The molecular weight excluding hydrogens is 273 g/mol. The first-order valence-electron chi connectivity index (χ1n) is 5.96. The van der Waals surface area contributed by atoms with Gasteiger partial charge in [-0.1, -0.05) is 36.0 Å². The summed E-state index contributed by atoms with van der Waals surface area (Å²) in [4.78, 5) is 12.0. The van der Waals surface area contributed by atoms with Crippen molar-refractivity contribution in [2.24, 2.45) is 0 Å². The molecular formula is C13H15Cl2NO2. The summed E-state index contributed by atoms with van der Waals surface area (Å²) in [5.74, 6) is -0.303. The quantitative estimate of drug-likeness (QED) is 0.898. The van der Waals surface area contributed by atoms with Crippen LogP contribution in [0.5, 0.6) is 0 Å². The second-order valence-electron chi connectivity index (χ2n) is 4.74. The summed E-state index contributed by atoms with van der Waals surface area (Å²) in [5.41, 5.74) is -0.425. The summed E-state index contributed by atoms with van der Waals surface area (Å²) in [7, 11) is 0. The van der Waals surface area contributed by atoms with Crippen LogP contribution < -0.4 is 5.32 Å². The van der Waals surface area contributed by atoms with Crippen LogP contribution in [0.4, 0.5) is 0 Å². The Bertz CT molecular complexity index is 456. The van der Waals surface area contributed by atoms with E-state index in [-0.39, 0.29) is 12.5 Å². The summed E-state index contributed by atoms with van der Waals surface area (Å²) >= 11 is 11.8. The Kier molecular flexibility index (Phi) is 4.15. The molecule has 0 unspecified atom stereocenters. The minimum atomic E-state index is -0.763. The number of rotatable bonds is 3. The molecule has 1 aromatic carbocycles. The topological polar surface area (TPSA) is 49.3 Å². The Morgan fingerprint density at radius 2 is 2.00 bits per heavy atom. The molecule has 0 spiro atoms. The first-order valence-corrected chi connectivity index (χ1v) is 6.71. The van der Waals surface area contributed by atoms with Gasteiger partial charge < -0.3 is 10.4 Å². The summed E-state index contributed by atoms with van der Waals surface area (Å²) in [6.07, 6.45) is 3.47. The molecule has 1 saturated carbocycles. The molecule has 1 aliphatic rings. The van der Waals surface area contributed by atoms with E-state index in [9.17, 15) is 9.90 Å². The van der Waals surface area contributed by atoms with Crippen LogP contribution in [0.25, 0.3) is 0 Å². The Balaban J connectivity index is 2.01. The van der Waals surface area contributed by atoms with Crippen molar-refractivity contribution in [1.82, 2.24) is 5.32 Å². The molecule has 5 heteroatoms. The van der Waals surface area contributed by atoms with Gasteiger partial charge in [-0.15, -0.1) is 0 Å². The molecule has 0 heterocycles. The fourth-order valence-electron chi connectivity index (χ4n) is 2.22. The highest BCUT2D eigenvalue weighted by Gasteiger charge is 2.31. The van der Waals surface area contributed by atoms with Crippen LogP contribution in [0.3, 0.4) is 0 Å². The molecule has 0 aromatic heterocycles. The molecule has 1 fully saturated rings. The van der Waals surface area contributed by atoms with E-state index in [2.05, 4.69) is 5.32 Å². The van der Waals surface area contributed by atoms with Gasteiger partial charge in [0.2, 0.25) is 0 Å². The lowest BCUT2D eigenvalue weighted by Gasteiger charge is -2.22. The lowest BCUT2D eigenvalue weighted by atomic mass is 10.0. The third-order valence-electron chi connectivity index (χ3n) is 3.29. The second-order valence-corrected chi connectivity index (χ2v) is 5.58. The molecule has 0 atom stereocenters. The van der Waals surface area contributed by atoms with E-state index in [0.29, 0.717) is 15.6 Å². The maximum Gasteiger partial charge on any atom is 0.252 e. The molecule has 0 radical (unpaired) electrons. The fraction of sp³-hybridized carbons (Fsp3) is 0.462.